The number of rotatable bonds is 7. The van der Waals surface area contributed by atoms with E-state index < -0.39 is 30.1 Å². The van der Waals surface area contributed by atoms with E-state index in [-0.39, 0.29) is 54.0 Å². The molecule has 0 N–H and O–H groups in total. The summed E-state index contributed by atoms with van der Waals surface area (Å²) in [6.45, 7) is 4.27. The standard InChI is InChI=1S/C39H39N3O6S3/c1-32-13-19-37(20-14-32)49(43,44)40-26-7-8-28-41(50(45,46)38-21-15-33(2)16-22-38)30-25-36(35-11-5-4-6-12-35)31-42(29-10-9-27-40)51(47,48)39-23-17-34(3)18-24-39/h4-6,11-25H,26-31H2,1-3H3/b36-25+. The molecule has 9 nitrogen and oxygen atoms in total. The molecule has 1 heterocycles. The van der Waals surface area contributed by atoms with Crippen LogP contribution in [0.25, 0.3) is 5.57 Å². The van der Waals surface area contributed by atoms with E-state index in [9.17, 15) is 25.3 Å². The van der Waals surface area contributed by atoms with Crippen LogP contribution in [0, 0.1) is 44.5 Å². The van der Waals surface area contributed by atoms with Gasteiger partial charge in [0.05, 0.1) is 40.9 Å². The summed E-state index contributed by atoms with van der Waals surface area (Å²) in [6.07, 6.45) is 1.70. The van der Waals surface area contributed by atoms with Crippen LogP contribution in [0.4, 0.5) is 0 Å². The van der Waals surface area contributed by atoms with Crippen molar-refractivity contribution in [3.05, 3.63) is 131 Å². The summed E-state index contributed by atoms with van der Waals surface area (Å²) in [4.78, 5) is 0.197. The molecule has 0 spiro atoms. The molecule has 0 amide bonds. The molecule has 1 aliphatic heterocycles. The van der Waals surface area contributed by atoms with Crippen molar-refractivity contribution in [2.75, 3.05) is 39.3 Å². The van der Waals surface area contributed by atoms with Crippen molar-refractivity contribution in [1.82, 2.24) is 12.9 Å². The van der Waals surface area contributed by atoms with Gasteiger partial charge in [0.2, 0.25) is 30.1 Å². The summed E-state index contributed by atoms with van der Waals surface area (Å²) < 4.78 is 87.3. The van der Waals surface area contributed by atoms with E-state index >= 15 is 0 Å². The molecule has 0 aromatic heterocycles. The Labute approximate surface area is 302 Å². The van der Waals surface area contributed by atoms with Gasteiger partial charge >= 0.3 is 0 Å². The van der Waals surface area contributed by atoms with E-state index in [1.54, 1.807) is 42.5 Å². The molecule has 0 saturated heterocycles. The van der Waals surface area contributed by atoms with E-state index in [0.717, 1.165) is 21.0 Å². The Balaban J connectivity index is 1.63. The average molecular weight is 742 g/mol. The number of hydrogen-bond acceptors (Lipinski definition) is 6. The van der Waals surface area contributed by atoms with Gasteiger partial charge < -0.3 is 0 Å². The van der Waals surface area contributed by atoms with Gasteiger partial charge in [0, 0.05) is 13.1 Å². The van der Waals surface area contributed by atoms with Crippen molar-refractivity contribution in [2.24, 2.45) is 0 Å². The van der Waals surface area contributed by atoms with Crippen LogP contribution in [0.15, 0.2) is 124 Å². The number of nitrogens with zero attached hydrogens (tertiary/aromatic N) is 3. The van der Waals surface area contributed by atoms with Gasteiger partial charge in [-0.25, -0.2) is 25.3 Å². The molecule has 0 fully saturated rings. The summed E-state index contributed by atoms with van der Waals surface area (Å²) >= 11 is 0. The highest BCUT2D eigenvalue weighted by atomic mass is 32.2. The number of aryl methyl sites for hydroxylation is 3. The largest absolute Gasteiger partial charge is 0.244 e. The van der Waals surface area contributed by atoms with Gasteiger partial charge in [0.25, 0.3) is 0 Å². The Morgan fingerprint density at radius 1 is 0.451 bits per heavy atom. The summed E-state index contributed by atoms with van der Waals surface area (Å²) in [5.74, 6) is 11.5. The van der Waals surface area contributed by atoms with Gasteiger partial charge in [-0.3, -0.25) is 0 Å². The van der Waals surface area contributed by atoms with Gasteiger partial charge in [0.15, 0.2) is 0 Å². The smallest absolute Gasteiger partial charge is 0.207 e. The molecule has 0 unspecified atom stereocenters. The Morgan fingerprint density at radius 2 is 0.804 bits per heavy atom. The van der Waals surface area contributed by atoms with Gasteiger partial charge in [-0.05, 0) is 68.3 Å². The van der Waals surface area contributed by atoms with Crippen molar-refractivity contribution in [2.45, 2.75) is 35.5 Å². The fourth-order valence-electron chi connectivity index (χ4n) is 5.18. The van der Waals surface area contributed by atoms with Crippen LogP contribution in [0.1, 0.15) is 22.3 Å². The first kappa shape index (κ1) is 37.7. The minimum atomic E-state index is -4.11. The zero-order valence-electron chi connectivity index (χ0n) is 28.7. The first-order chi connectivity index (χ1) is 24.3. The minimum Gasteiger partial charge on any atom is -0.207 e. The van der Waals surface area contributed by atoms with E-state index in [1.165, 1.54) is 45.0 Å². The van der Waals surface area contributed by atoms with Gasteiger partial charge in [-0.15, -0.1) is 0 Å². The van der Waals surface area contributed by atoms with E-state index in [4.69, 9.17) is 0 Å². The number of hydrogen-bond donors (Lipinski definition) is 0. The Bertz CT molecular complexity index is 2340. The number of benzene rings is 4. The van der Waals surface area contributed by atoms with Crippen LogP contribution in [-0.2, 0) is 30.1 Å². The lowest BCUT2D eigenvalue weighted by atomic mass is 10.1. The topological polar surface area (TPSA) is 112 Å². The van der Waals surface area contributed by atoms with Crippen LogP contribution in [0.2, 0.25) is 0 Å². The molecule has 0 aliphatic carbocycles. The molecule has 5 rings (SSSR count). The number of sulfonamides is 3. The molecule has 0 radical (unpaired) electrons. The van der Waals surface area contributed by atoms with Crippen LogP contribution >= 0.6 is 0 Å². The molecule has 264 valence electrons. The Hall–Kier alpha value is -4.53. The maximum atomic E-state index is 14.1. The SMILES string of the molecule is Cc1ccc(S(=O)(=O)N2CC#CCN(S(=O)(=O)c3ccc(C)cc3)C/C=C(/c3ccccc3)CN(S(=O)(=O)c3ccc(C)cc3)CC#CC2)cc1. The first-order valence-corrected chi connectivity index (χ1v) is 20.5. The summed E-state index contributed by atoms with van der Waals surface area (Å²) in [7, 11) is -12.2. The highest BCUT2D eigenvalue weighted by Crippen LogP contribution is 2.24. The van der Waals surface area contributed by atoms with Crippen LogP contribution in [0.5, 0.6) is 0 Å². The normalized spacial score (nSPS) is 17.0. The average Bonchev–Trinajstić information content (AvgIpc) is 3.12. The summed E-state index contributed by atoms with van der Waals surface area (Å²) in [5, 5.41) is 0. The zero-order valence-corrected chi connectivity index (χ0v) is 31.1. The fourth-order valence-corrected chi connectivity index (χ4v) is 9.03. The molecular formula is C39H39N3O6S3. The van der Waals surface area contributed by atoms with E-state index in [1.807, 2.05) is 51.1 Å². The zero-order chi connectivity index (χ0) is 36.6. The highest BCUT2D eigenvalue weighted by Gasteiger charge is 2.28. The molecule has 12 heteroatoms. The fraction of sp³-hybridized carbons (Fsp3) is 0.231. The quantitative estimate of drug-likeness (QED) is 0.244. The lowest BCUT2D eigenvalue weighted by Gasteiger charge is -2.23. The van der Waals surface area contributed by atoms with Crippen molar-refractivity contribution < 1.29 is 25.3 Å². The molecule has 0 saturated carbocycles. The van der Waals surface area contributed by atoms with Gasteiger partial charge in [0.1, 0.15) is 0 Å². The maximum Gasteiger partial charge on any atom is 0.244 e. The molecule has 0 bridgehead atoms. The van der Waals surface area contributed by atoms with Gasteiger partial charge in [-0.2, -0.15) is 12.9 Å². The maximum absolute atomic E-state index is 14.1. The third kappa shape index (κ3) is 9.23. The van der Waals surface area contributed by atoms with Crippen LogP contribution < -0.4 is 0 Å². The lowest BCUT2D eigenvalue weighted by molar-refractivity contribution is 0.472. The molecule has 51 heavy (non-hydrogen) atoms. The third-order valence-electron chi connectivity index (χ3n) is 8.28. The second kappa shape index (κ2) is 16.2. The molecular weight excluding hydrogens is 703 g/mol. The monoisotopic (exact) mass is 741 g/mol. The lowest BCUT2D eigenvalue weighted by Crippen LogP contribution is -2.34. The molecule has 4 aromatic rings. The Morgan fingerprint density at radius 3 is 1.24 bits per heavy atom. The molecule has 1 aliphatic rings. The van der Waals surface area contributed by atoms with Crippen molar-refractivity contribution in [3.63, 3.8) is 0 Å². The Kier molecular flexibility index (Phi) is 12.0. The molecule has 0 atom stereocenters. The predicted octanol–water partition coefficient (Wildman–Crippen LogP) is 5.09. The predicted molar refractivity (Wildman–Crippen MR) is 200 cm³/mol. The van der Waals surface area contributed by atoms with Gasteiger partial charge in [-0.1, -0.05) is 113 Å². The van der Waals surface area contributed by atoms with Crippen LogP contribution in [-0.4, -0.2) is 77.4 Å². The summed E-state index contributed by atoms with van der Waals surface area (Å²) in [5.41, 5.74) is 3.93. The van der Waals surface area contributed by atoms with E-state index in [2.05, 4.69) is 23.7 Å². The second-order valence-corrected chi connectivity index (χ2v) is 17.9. The van der Waals surface area contributed by atoms with Crippen molar-refractivity contribution in [3.8, 4) is 23.7 Å². The summed E-state index contributed by atoms with van der Waals surface area (Å²) in [6, 6.07) is 28.5. The van der Waals surface area contributed by atoms with Crippen molar-refractivity contribution >= 4 is 35.6 Å². The minimum absolute atomic E-state index is 0.0541. The van der Waals surface area contributed by atoms with E-state index in [0.29, 0.717) is 11.1 Å². The highest BCUT2D eigenvalue weighted by molar-refractivity contribution is 7.89. The van der Waals surface area contributed by atoms with Crippen molar-refractivity contribution in [1.29, 1.82) is 0 Å². The second-order valence-electron chi connectivity index (χ2n) is 12.1. The first-order valence-electron chi connectivity index (χ1n) is 16.1. The van der Waals surface area contributed by atoms with Crippen LogP contribution in [0.3, 0.4) is 0 Å². The third-order valence-corrected chi connectivity index (χ3v) is 13.7. The molecule has 4 aromatic carbocycles.